The van der Waals surface area contributed by atoms with Gasteiger partial charge in [-0.15, -0.1) is 0 Å². The molecule has 22 heavy (non-hydrogen) atoms. The third-order valence-corrected chi connectivity index (χ3v) is 5.39. The molecule has 6 nitrogen and oxygen atoms in total. The second kappa shape index (κ2) is 5.53. The summed E-state index contributed by atoms with van der Waals surface area (Å²) in [6, 6.07) is 8.01. The van der Waals surface area contributed by atoms with E-state index < -0.39 is 10.0 Å². The lowest BCUT2D eigenvalue weighted by molar-refractivity contribution is 0.0961. The van der Waals surface area contributed by atoms with Crippen LogP contribution in [0.25, 0.3) is 0 Å². The van der Waals surface area contributed by atoms with E-state index in [0.717, 1.165) is 5.56 Å². The third kappa shape index (κ3) is 2.57. The van der Waals surface area contributed by atoms with Crippen LogP contribution in [0.2, 0.25) is 0 Å². The van der Waals surface area contributed by atoms with Crippen LogP contribution in [-0.4, -0.2) is 27.9 Å². The highest BCUT2D eigenvalue weighted by Gasteiger charge is 2.28. The number of nitrogens with zero attached hydrogens (tertiary/aromatic N) is 1. The Kier molecular flexibility index (Phi) is 3.84. The highest BCUT2D eigenvalue weighted by atomic mass is 79.9. The lowest BCUT2D eigenvalue weighted by Crippen LogP contribution is -2.28. The van der Waals surface area contributed by atoms with E-state index in [4.69, 9.17) is 4.42 Å². The number of amides is 1. The fourth-order valence-electron chi connectivity index (χ4n) is 2.44. The van der Waals surface area contributed by atoms with Gasteiger partial charge in [-0.2, -0.15) is 0 Å². The molecule has 0 spiro atoms. The van der Waals surface area contributed by atoms with Gasteiger partial charge < -0.3 is 9.32 Å². The second-order valence-corrected chi connectivity index (χ2v) is 7.48. The van der Waals surface area contributed by atoms with Gasteiger partial charge in [-0.25, -0.2) is 13.1 Å². The molecule has 1 aliphatic rings. The number of sulfonamides is 1. The molecular weight excluding hydrogens is 372 g/mol. The van der Waals surface area contributed by atoms with E-state index in [-0.39, 0.29) is 16.6 Å². The average molecular weight is 385 g/mol. The van der Waals surface area contributed by atoms with Gasteiger partial charge in [0.15, 0.2) is 10.4 Å². The quantitative estimate of drug-likeness (QED) is 0.878. The molecule has 1 aliphatic heterocycles. The molecule has 0 bridgehead atoms. The van der Waals surface area contributed by atoms with E-state index in [1.54, 1.807) is 29.2 Å². The molecule has 8 heteroatoms. The van der Waals surface area contributed by atoms with Gasteiger partial charge in [-0.05, 0) is 65.3 Å². The standard InChI is InChI=1S/C14H13BrN2O4S/c1-16-22(19,20)10-2-3-11-9(8-10)6-7-17(11)14(18)12-4-5-13(15)21-12/h2-5,8,16H,6-7H2,1H3. The van der Waals surface area contributed by atoms with Crippen molar-refractivity contribution in [1.82, 2.24) is 4.72 Å². The van der Waals surface area contributed by atoms with Crippen molar-refractivity contribution in [2.45, 2.75) is 11.3 Å². The van der Waals surface area contributed by atoms with Crippen LogP contribution < -0.4 is 9.62 Å². The Balaban J connectivity index is 1.94. The Labute approximate surface area is 136 Å². The average Bonchev–Trinajstić information content (AvgIpc) is 3.12. The second-order valence-electron chi connectivity index (χ2n) is 4.81. The molecule has 0 saturated carbocycles. The van der Waals surface area contributed by atoms with Crippen LogP contribution in [0.3, 0.4) is 0 Å². The van der Waals surface area contributed by atoms with Gasteiger partial charge in [0, 0.05) is 12.2 Å². The summed E-state index contributed by atoms with van der Waals surface area (Å²) in [5.74, 6) is 0.000298. The number of fused-ring (bicyclic) bond motifs is 1. The zero-order valence-corrected chi connectivity index (χ0v) is 14.1. The fourth-order valence-corrected chi connectivity index (χ4v) is 3.52. The van der Waals surface area contributed by atoms with E-state index in [2.05, 4.69) is 20.7 Å². The van der Waals surface area contributed by atoms with E-state index >= 15 is 0 Å². The van der Waals surface area contributed by atoms with Gasteiger partial charge in [-0.3, -0.25) is 4.79 Å². The largest absolute Gasteiger partial charge is 0.444 e. The number of hydrogen-bond donors (Lipinski definition) is 1. The summed E-state index contributed by atoms with van der Waals surface area (Å²) in [6.07, 6.45) is 0.607. The maximum Gasteiger partial charge on any atom is 0.294 e. The van der Waals surface area contributed by atoms with Crippen LogP contribution in [0.5, 0.6) is 0 Å². The maximum absolute atomic E-state index is 12.4. The van der Waals surface area contributed by atoms with Crippen molar-refractivity contribution >= 4 is 37.5 Å². The lowest BCUT2D eigenvalue weighted by atomic mass is 10.2. The van der Waals surface area contributed by atoms with Crippen molar-refractivity contribution in [2.24, 2.45) is 0 Å². The van der Waals surface area contributed by atoms with E-state index in [1.807, 2.05) is 0 Å². The predicted molar refractivity (Wildman–Crippen MR) is 84.5 cm³/mol. The first-order valence-electron chi connectivity index (χ1n) is 6.56. The first-order valence-corrected chi connectivity index (χ1v) is 8.83. The van der Waals surface area contributed by atoms with Gasteiger partial charge in [0.05, 0.1) is 4.90 Å². The summed E-state index contributed by atoms with van der Waals surface area (Å²) >= 11 is 3.17. The highest BCUT2D eigenvalue weighted by Crippen LogP contribution is 2.31. The number of halogens is 1. The smallest absolute Gasteiger partial charge is 0.294 e. The molecule has 0 radical (unpaired) electrons. The van der Waals surface area contributed by atoms with Crippen LogP contribution in [0.4, 0.5) is 5.69 Å². The monoisotopic (exact) mass is 384 g/mol. The number of rotatable bonds is 3. The van der Waals surface area contributed by atoms with Gasteiger partial charge in [-0.1, -0.05) is 0 Å². The Morgan fingerprint density at radius 1 is 1.32 bits per heavy atom. The SMILES string of the molecule is CNS(=O)(=O)c1ccc2c(c1)CCN2C(=O)c1ccc(Br)o1. The molecule has 3 rings (SSSR count). The molecule has 1 amide bonds. The topological polar surface area (TPSA) is 79.6 Å². The van der Waals surface area contributed by atoms with Gasteiger partial charge in [0.1, 0.15) is 0 Å². The molecule has 0 aliphatic carbocycles. The summed E-state index contributed by atoms with van der Waals surface area (Å²) in [4.78, 5) is 14.2. The minimum Gasteiger partial charge on any atom is -0.444 e. The Morgan fingerprint density at radius 3 is 2.73 bits per heavy atom. The Bertz CT molecular complexity index is 844. The van der Waals surface area contributed by atoms with Crippen LogP contribution in [-0.2, 0) is 16.4 Å². The summed E-state index contributed by atoms with van der Waals surface area (Å²) in [7, 11) is -2.12. The number of nitrogens with one attached hydrogen (secondary N) is 1. The van der Waals surface area contributed by atoms with Crippen LogP contribution >= 0.6 is 15.9 Å². The number of benzene rings is 1. The lowest BCUT2D eigenvalue weighted by Gasteiger charge is -2.16. The summed E-state index contributed by atoms with van der Waals surface area (Å²) < 4.78 is 31.7. The van der Waals surface area contributed by atoms with Gasteiger partial charge in [0.25, 0.3) is 5.91 Å². The van der Waals surface area contributed by atoms with Gasteiger partial charge in [0.2, 0.25) is 10.0 Å². The van der Waals surface area contributed by atoms with Crippen molar-refractivity contribution in [3.8, 4) is 0 Å². The highest BCUT2D eigenvalue weighted by molar-refractivity contribution is 9.10. The van der Waals surface area contributed by atoms with E-state index in [0.29, 0.717) is 23.3 Å². The molecule has 0 fully saturated rings. The van der Waals surface area contributed by atoms with Crippen molar-refractivity contribution in [3.05, 3.63) is 46.3 Å². The fraction of sp³-hybridized carbons (Fsp3) is 0.214. The molecule has 0 unspecified atom stereocenters. The molecule has 1 N–H and O–H groups in total. The van der Waals surface area contributed by atoms with Crippen LogP contribution in [0, 0.1) is 0 Å². The van der Waals surface area contributed by atoms with Crippen LogP contribution in [0.1, 0.15) is 16.1 Å². The number of carbonyl (C=O) groups excluding carboxylic acids is 1. The molecule has 2 heterocycles. The molecule has 1 aromatic carbocycles. The molecule has 1 aromatic heterocycles. The normalized spacial score (nSPS) is 14.2. The number of anilines is 1. The Morgan fingerprint density at radius 2 is 2.09 bits per heavy atom. The number of furan rings is 1. The van der Waals surface area contributed by atoms with E-state index in [1.165, 1.54) is 13.1 Å². The van der Waals surface area contributed by atoms with Crippen molar-refractivity contribution in [2.75, 3.05) is 18.5 Å². The number of hydrogen-bond acceptors (Lipinski definition) is 4. The first-order chi connectivity index (χ1) is 10.4. The minimum atomic E-state index is -3.48. The van der Waals surface area contributed by atoms with Crippen LogP contribution in [0.15, 0.2) is 44.3 Å². The molecule has 116 valence electrons. The molecule has 2 aromatic rings. The zero-order chi connectivity index (χ0) is 15.9. The Hall–Kier alpha value is -1.64. The predicted octanol–water partition coefficient (Wildman–Crippen LogP) is 2.15. The first kappa shape index (κ1) is 15.3. The third-order valence-electron chi connectivity index (χ3n) is 3.55. The summed E-state index contributed by atoms with van der Waals surface area (Å²) in [5.41, 5.74) is 1.54. The minimum absolute atomic E-state index is 0.198. The maximum atomic E-state index is 12.4. The van der Waals surface area contributed by atoms with Crippen molar-refractivity contribution in [3.63, 3.8) is 0 Å². The van der Waals surface area contributed by atoms with Crippen molar-refractivity contribution < 1.29 is 17.6 Å². The molecular formula is C14H13BrN2O4S. The van der Waals surface area contributed by atoms with E-state index in [9.17, 15) is 13.2 Å². The van der Waals surface area contributed by atoms with Crippen molar-refractivity contribution in [1.29, 1.82) is 0 Å². The molecule has 0 atom stereocenters. The zero-order valence-electron chi connectivity index (χ0n) is 11.7. The molecule has 0 saturated heterocycles. The summed E-state index contributed by atoms with van der Waals surface area (Å²) in [6.45, 7) is 0.496. The number of carbonyl (C=O) groups is 1. The summed E-state index contributed by atoms with van der Waals surface area (Å²) in [5, 5.41) is 0. The van der Waals surface area contributed by atoms with Gasteiger partial charge >= 0.3 is 0 Å².